The van der Waals surface area contributed by atoms with Gasteiger partial charge in [-0.05, 0) is 48.4 Å². The van der Waals surface area contributed by atoms with Crippen molar-refractivity contribution in [3.8, 4) is 5.75 Å². The summed E-state index contributed by atoms with van der Waals surface area (Å²) in [6, 6.07) is 13.9. The summed E-state index contributed by atoms with van der Waals surface area (Å²) in [5, 5.41) is 3.35. The van der Waals surface area contributed by atoms with Crippen LogP contribution < -0.4 is 14.8 Å². The molecule has 144 valence electrons. The van der Waals surface area contributed by atoms with E-state index in [-0.39, 0.29) is 24.1 Å². The van der Waals surface area contributed by atoms with E-state index in [2.05, 4.69) is 20.8 Å². The molecule has 8 heteroatoms. The van der Waals surface area contributed by atoms with Crippen molar-refractivity contribution >= 4 is 16.0 Å². The molecular weight excluding hydrogens is 368 g/mol. The number of carbonyl (C=O) groups is 1. The van der Waals surface area contributed by atoms with Crippen LogP contribution in [0.4, 0.5) is 0 Å². The number of fused-ring (bicyclic) bond motifs is 1. The van der Waals surface area contributed by atoms with Crippen LogP contribution in [0.5, 0.6) is 5.75 Å². The lowest BCUT2D eigenvalue weighted by Crippen LogP contribution is -2.38. The fourth-order valence-corrected chi connectivity index (χ4v) is 4.01. The van der Waals surface area contributed by atoms with Crippen LogP contribution >= 0.6 is 0 Å². The Bertz CT molecular complexity index is 897. The lowest BCUT2D eigenvalue weighted by molar-refractivity contribution is -0.142. The number of esters is 1. The molecule has 1 atom stereocenters. The van der Waals surface area contributed by atoms with E-state index in [9.17, 15) is 13.2 Å². The number of carbonyl (C=O) groups excluding carboxylic acids is 1. The van der Waals surface area contributed by atoms with E-state index < -0.39 is 16.0 Å². The van der Waals surface area contributed by atoms with Crippen LogP contribution in [0.15, 0.2) is 53.4 Å². The maximum Gasteiger partial charge on any atom is 0.343 e. The van der Waals surface area contributed by atoms with Gasteiger partial charge < -0.3 is 14.8 Å². The van der Waals surface area contributed by atoms with Crippen molar-refractivity contribution < 1.29 is 22.7 Å². The van der Waals surface area contributed by atoms with E-state index in [4.69, 9.17) is 4.74 Å². The third-order valence-corrected chi connectivity index (χ3v) is 5.85. The second-order valence-electron chi connectivity index (χ2n) is 6.14. The second-order valence-corrected chi connectivity index (χ2v) is 7.91. The Kier molecular flexibility index (Phi) is 6.10. The van der Waals surface area contributed by atoms with Gasteiger partial charge in [0.2, 0.25) is 10.0 Å². The van der Waals surface area contributed by atoms with Gasteiger partial charge in [-0.15, -0.1) is 0 Å². The summed E-state index contributed by atoms with van der Waals surface area (Å²) in [4.78, 5) is 11.2. The van der Waals surface area contributed by atoms with Gasteiger partial charge in [0, 0.05) is 12.6 Å². The second kappa shape index (κ2) is 8.51. The van der Waals surface area contributed by atoms with Crippen LogP contribution in [0, 0.1) is 0 Å². The van der Waals surface area contributed by atoms with Crippen molar-refractivity contribution in [1.82, 2.24) is 10.0 Å². The first-order valence-corrected chi connectivity index (χ1v) is 10.1. The Hall–Kier alpha value is -2.42. The smallest absolute Gasteiger partial charge is 0.343 e. The molecule has 3 rings (SSSR count). The van der Waals surface area contributed by atoms with Crippen LogP contribution in [0.3, 0.4) is 0 Å². The molecule has 0 aliphatic carbocycles. The van der Waals surface area contributed by atoms with Crippen molar-refractivity contribution in [3.05, 3.63) is 59.7 Å². The lowest BCUT2D eigenvalue weighted by atomic mass is 9.95. The molecule has 1 heterocycles. The highest BCUT2D eigenvalue weighted by molar-refractivity contribution is 7.89. The minimum Gasteiger partial charge on any atom is -0.482 e. The first-order chi connectivity index (χ1) is 13.0. The van der Waals surface area contributed by atoms with Crippen molar-refractivity contribution in [1.29, 1.82) is 0 Å². The number of benzene rings is 2. The topological polar surface area (TPSA) is 93.7 Å². The van der Waals surface area contributed by atoms with E-state index in [1.165, 1.54) is 36.9 Å². The molecule has 0 fully saturated rings. The molecule has 0 bridgehead atoms. The number of sulfonamides is 1. The number of methoxy groups -OCH3 is 1. The largest absolute Gasteiger partial charge is 0.482 e. The number of rotatable bonds is 7. The predicted octanol–water partition coefficient (Wildman–Crippen LogP) is 1.40. The Morgan fingerprint density at radius 2 is 1.93 bits per heavy atom. The molecule has 0 saturated carbocycles. The van der Waals surface area contributed by atoms with Gasteiger partial charge in [-0.1, -0.05) is 24.3 Å². The zero-order valence-electron chi connectivity index (χ0n) is 15.0. The van der Waals surface area contributed by atoms with Crippen molar-refractivity contribution in [2.75, 3.05) is 26.8 Å². The molecule has 0 saturated heterocycles. The maximum atomic E-state index is 12.6. The highest BCUT2D eigenvalue weighted by atomic mass is 32.2. The fourth-order valence-electron chi connectivity index (χ4n) is 2.97. The van der Waals surface area contributed by atoms with Gasteiger partial charge in [0.1, 0.15) is 5.75 Å². The molecule has 27 heavy (non-hydrogen) atoms. The summed E-state index contributed by atoms with van der Waals surface area (Å²) in [7, 11) is -2.38. The van der Waals surface area contributed by atoms with Gasteiger partial charge in [-0.3, -0.25) is 0 Å². The number of ether oxygens (including phenoxy) is 2. The van der Waals surface area contributed by atoms with E-state index in [0.29, 0.717) is 5.75 Å². The number of hydrogen-bond acceptors (Lipinski definition) is 6. The van der Waals surface area contributed by atoms with Gasteiger partial charge in [-0.2, -0.15) is 0 Å². The van der Waals surface area contributed by atoms with Crippen LogP contribution in [0.25, 0.3) is 0 Å². The molecule has 2 aromatic rings. The van der Waals surface area contributed by atoms with Crippen molar-refractivity contribution in [3.63, 3.8) is 0 Å². The van der Waals surface area contributed by atoms with Crippen LogP contribution in [0.1, 0.15) is 17.2 Å². The Morgan fingerprint density at radius 1 is 1.19 bits per heavy atom. The third kappa shape index (κ3) is 4.85. The average Bonchev–Trinajstić information content (AvgIpc) is 2.70. The zero-order valence-corrected chi connectivity index (χ0v) is 15.8. The first-order valence-electron chi connectivity index (χ1n) is 8.60. The molecule has 0 amide bonds. The highest BCUT2D eigenvalue weighted by Crippen LogP contribution is 2.23. The summed E-state index contributed by atoms with van der Waals surface area (Å²) >= 11 is 0. The van der Waals surface area contributed by atoms with Gasteiger partial charge >= 0.3 is 5.97 Å². The zero-order chi connectivity index (χ0) is 19.3. The summed E-state index contributed by atoms with van der Waals surface area (Å²) in [5.41, 5.74) is 2.37. The summed E-state index contributed by atoms with van der Waals surface area (Å²) < 4.78 is 37.5. The molecule has 0 radical (unpaired) electrons. The first kappa shape index (κ1) is 19.3. The van der Waals surface area contributed by atoms with Crippen LogP contribution in [-0.4, -0.2) is 41.2 Å². The monoisotopic (exact) mass is 390 g/mol. The van der Waals surface area contributed by atoms with Crippen LogP contribution in [-0.2, 0) is 26.0 Å². The van der Waals surface area contributed by atoms with E-state index in [1.54, 1.807) is 0 Å². The minimum atomic E-state index is -3.65. The number of hydrogen-bond donors (Lipinski definition) is 2. The fraction of sp³-hybridized carbons (Fsp3) is 0.316. The predicted molar refractivity (Wildman–Crippen MR) is 100 cm³/mol. The quantitative estimate of drug-likeness (QED) is 0.694. The molecule has 0 spiro atoms. The number of nitrogens with one attached hydrogen (secondary N) is 2. The summed E-state index contributed by atoms with van der Waals surface area (Å²) in [5.74, 6) is -0.115. The van der Waals surface area contributed by atoms with E-state index in [0.717, 1.165) is 18.5 Å². The van der Waals surface area contributed by atoms with Gasteiger partial charge in [0.05, 0.1) is 12.0 Å². The normalized spacial score (nSPS) is 16.4. The van der Waals surface area contributed by atoms with Crippen molar-refractivity contribution in [2.24, 2.45) is 0 Å². The molecule has 1 aliphatic rings. The lowest BCUT2D eigenvalue weighted by Gasteiger charge is -2.27. The average molecular weight is 390 g/mol. The molecule has 1 aliphatic heterocycles. The molecular formula is C19H22N2O5S. The highest BCUT2D eigenvalue weighted by Gasteiger charge is 2.22. The Labute approximate surface area is 158 Å². The molecule has 1 unspecified atom stereocenters. The molecule has 2 N–H and O–H groups in total. The van der Waals surface area contributed by atoms with Gasteiger partial charge in [-0.25, -0.2) is 17.9 Å². The minimum absolute atomic E-state index is 0.0626. The summed E-state index contributed by atoms with van der Waals surface area (Å²) in [6.45, 7) is 0.850. The van der Waals surface area contributed by atoms with Crippen LogP contribution in [0.2, 0.25) is 0 Å². The third-order valence-electron chi connectivity index (χ3n) is 4.41. The Balaban J connectivity index is 1.63. The molecule has 2 aromatic carbocycles. The van der Waals surface area contributed by atoms with Crippen molar-refractivity contribution in [2.45, 2.75) is 17.4 Å². The summed E-state index contributed by atoms with van der Waals surface area (Å²) in [6.07, 6.45) is 0.937. The maximum absolute atomic E-state index is 12.6. The van der Waals surface area contributed by atoms with Gasteiger partial charge in [0.15, 0.2) is 6.61 Å². The standard InChI is InChI=1S/C19H22N2O5S/c1-25-19(22)13-26-15-6-8-16(9-7-15)27(23,24)21-12-18-17-5-3-2-4-14(17)10-11-20-18/h2-9,18,20-21H,10-13H2,1H3. The molecule has 0 aromatic heterocycles. The van der Waals surface area contributed by atoms with Gasteiger partial charge in [0.25, 0.3) is 0 Å². The SMILES string of the molecule is COC(=O)COc1ccc(S(=O)(=O)NCC2NCCc3ccccc32)cc1. The molecule has 7 nitrogen and oxygen atoms in total. The van der Waals surface area contributed by atoms with E-state index in [1.807, 2.05) is 18.2 Å². The Morgan fingerprint density at radius 3 is 2.67 bits per heavy atom. The van der Waals surface area contributed by atoms with E-state index >= 15 is 0 Å².